The molecule has 1 fully saturated rings. The van der Waals surface area contributed by atoms with Crippen LogP contribution in [0, 0.1) is 0 Å². The molecule has 22 heavy (non-hydrogen) atoms. The van der Waals surface area contributed by atoms with Crippen LogP contribution < -0.4 is 4.72 Å². The second kappa shape index (κ2) is 5.57. The molecule has 1 aromatic rings. The first-order valence-electron chi connectivity index (χ1n) is 7.09. The van der Waals surface area contributed by atoms with Crippen molar-refractivity contribution in [3.63, 3.8) is 0 Å². The molecule has 0 saturated carbocycles. The molecule has 0 bridgehead atoms. The van der Waals surface area contributed by atoms with Crippen LogP contribution in [0.1, 0.15) is 17.5 Å². The van der Waals surface area contributed by atoms with Gasteiger partial charge in [-0.15, -0.1) is 0 Å². The number of hydrogen-bond acceptors (Lipinski definition) is 4. The standard InChI is InChI=1S/C13H19N3O4S2/c1-14-21(17,18)13-6-7-15(10-13)22(19,20)16-8-11-4-2-3-5-12(11)9-16/h2-5,13-14H,6-10H2,1H3. The Kier molecular flexibility index (Phi) is 4.02. The van der Waals surface area contributed by atoms with Crippen LogP contribution in [0.25, 0.3) is 0 Å². The summed E-state index contributed by atoms with van der Waals surface area (Å²) >= 11 is 0. The topological polar surface area (TPSA) is 86.8 Å². The van der Waals surface area contributed by atoms with Crippen LogP contribution in [-0.4, -0.2) is 50.8 Å². The zero-order valence-corrected chi connectivity index (χ0v) is 13.9. The monoisotopic (exact) mass is 345 g/mol. The van der Waals surface area contributed by atoms with E-state index in [1.807, 2.05) is 24.3 Å². The molecule has 1 saturated heterocycles. The Labute approximate surface area is 131 Å². The zero-order valence-electron chi connectivity index (χ0n) is 12.3. The molecule has 0 aliphatic carbocycles. The third-order valence-electron chi connectivity index (χ3n) is 4.30. The maximum atomic E-state index is 12.7. The highest BCUT2D eigenvalue weighted by Gasteiger charge is 2.41. The molecule has 2 aliphatic heterocycles. The molecule has 7 nitrogen and oxygen atoms in total. The van der Waals surface area contributed by atoms with Crippen molar-refractivity contribution in [2.75, 3.05) is 20.1 Å². The van der Waals surface area contributed by atoms with Crippen molar-refractivity contribution in [3.05, 3.63) is 35.4 Å². The number of fused-ring (bicyclic) bond motifs is 1. The van der Waals surface area contributed by atoms with Crippen LogP contribution in [0.2, 0.25) is 0 Å². The summed E-state index contributed by atoms with van der Waals surface area (Å²) in [6.45, 7) is 0.940. The Balaban J connectivity index is 1.76. The first-order chi connectivity index (χ1) is 10.3. The second-order valence-corrected chi connectivity index (χ2v) is 9.66. The number of nitrogens with one attached hydrogen (secondary N) is 1. The van der Waals surface area contributed by atoms with Crippen LogP contribution in [0.15, 0.2) is 24.3 Å². The van der Waals surface area contributed by atoms with E-state index in [4.69, 9.17) is 0 Å². The Morgan fingerprint density at radius 2 is 1.64 bits per heavy atom. The van der Waals surface area contributed by atoms with Gasteiger partial charge in [-0.25, -0.2) is 13.1 Å². The molecule has 2 heterocycles. The van der Waals surface area contributed by atoms with Gasteiger partial charge >= 0.3 is 0 Å². The molecule has 1 unspecified atom stereocenters. The van der Waals surface area contributed by atoms with E-state index in [-0.39, 0.29) is 13.1 Å². The lowest BCUT2D eigenvalue weighted by Gasteiger charge is -2.23. The van der Waals surface area contributed by atoms with E-state index in [0.29, 0.717) is 19.5 Å². The quantitative estimate of drug-likeness (QED) is 0.824. The van der Waals surface area contributed by atoms with Crippen molar-refractivity contribution >= 4 is 20.2 Å². The van der Waals surface area contributed by atoms with Crippen molar-refractivity contribution in [2.24, 2.45) is 0 Å². The molecule has 2 aliphatic rings. The Bertz CT molecular complexity index is 751. The largest absolute Gasteiger partial charge is 0.282 e. The minimum Gasteiger partial charge on any atom is -0.218 e. The van der Waals surface area contributed by atoms with E-state index < -0.39 is 25.5 Å². The fraction of sp³-hybridized carbons (Fsp3) is 0.538. The molecular formula is C13H19N3O4S2. The van der Waals surface area contributed by atoms with E-state index in [0.717, 1.165) is 11.1 Å². The fourth-order valence-corrected chi connectivity index (χ4v) is 5.81. The van der Waals surface area contributed by atoms with Gasteiger partial charge in [0.2, 0.25) is 10.0 Å². The highest BCUT2D eigenvalue weighted by atomic mass is 32.2. The number of hydrogen-bond donors (Lipinski definition) is 1. The van der Waals surface area contributed by atoms with E-state index in [9.17, 15) is 16.8 Å². The van der Waals surface area contributed by atoms with Crippen molar-refractivity contribution in [3.8, 4) is 0 Å². The summed E-state index contributed by atoms with van der Waals surface area (Å²) < 4.78 is 54.0. The van der Waals surface area contributed by atoms with Crippen molar-refractivity contribution < 1.29 is 16.8 Å². The van der Waals surface area contributed by atoms with Crippen molar-refractivity contribution in [2.45, 2.75) is 24.8 Å². The molecule has 1 aromatic carbocycles. The number of benzene rings is 1. The summed E-state index contributed by atoms with van der Waals surface area (Å²) in [5.74, 6) is 0. The van der Waals surface area contributed by atoms with Gasteiger partial charge in [-0.1, -0.05) is 24.3 Å². The van der Waals surface area contributed by atoms with Gasteiger partial charge < -0.3 is 0 Å². The highest BCUT2D eigenvalue weighted by molar-refractivity contribution is 7.90. The summed E-state index contributed by atoms with van der Waals surface area (Å²) in [6, 6.07) is 7.62. The lowest BCUT2D eigenvalue weighted by molar-refractivity contribution is 0.369. The third kappa shape index (κ3) is 2.67. The van der Waals surface area contributed by atoms with Crippen LogP contribution in [0.5, 0.6) is 0 Å². The molecule has 9 heteroatoms. The van der Waals surface area contributed by atoms with Crippen LogP contribution in [-0.2, 0) is 33.3 Å². The number of sulfonamides is 1. The van der Waals surface area contributed by atoms with Gasteiger partial charge in [0.15, 0.2) is 0 Å². The summed E-state index contributed by atoms with van der Waals surface area (Å²) in [6.07, 6.45) is 0.323. The van der Waals surface area contributed by atoms with Crippen LogP contribution in [0.3, 0.4) is 0 Å². The molecule has 122 valence electrons. The minimum absolute atomic E-state index is 0.0123. The average Bonchev–Trinajstić information content (AvgIpc) is 3.14. The third-order valence-corrected chi connectivity index (χ3v) is 8.02. The van der Waals surface area contributed by atoms with Gasteiger partial charge in [-0.3, -0.25) is 0 Å². The average molecular weight is 345 g/mol. The highest BCUT2D eigenvalue weighted by Crippen LogP contribution is 2.29. The van der Waals surface area contributed by atoms with Crippen molar-refractivity contribution in [1.82, 2.24) is 13.3 Å². The Morgan fingerprint density at radius 1 is 1.05 bits per heavy atom. The number of rotatable bonds is 4. The summed E-state index contributed by atoms with van der Waals surface area (Å²) in [5, 5.41) is -0.683. The van der Waals surface area contributed by atoms with Gasteiger partial charge in [0.05, 0.1) is 5.25 Å². The molecule has 3 rings (SSSR count). The first kappa shape index (κ1) is 15.9. The summed E-state index contributed by atoms with van der Waals surface area (Å²) in [5.41, 5.74) is 2.01. The fourth-order valence-electron chi connectivity index (χ4n) is 2.96. The molecule has 0 spiro atoms. The predicted octanol–water partition coefficient (Wildman–Crippen LogP) is -0.129. The SMILES string of the molecule is CNS(=O)(=O)C1CCN(S(=O)(=O)N2Cc3ccccc3C2)C1. The molecule has 1 N–H and O–H groups in total. The zero-order chi connectivity index (χ0) is 16.0. The normalized spacial score (nSPS) is 23.8. The molecule has 0 radical (unpaired) electrons. The maximum Gasteiger partial charge on any atom is 0.282 e. The van der Waals surface area contributed by atoms with E-state index in [2.05, 4.69) is 4.72 Å². The predicted molar refractivity (Wildman–Crippen MR) is 82.6 cm³/mol. The Hall–Kier alpha value is -1.00. The van der Waals surface area contributed by atoms with Gasteiger partial charge in [0.25, 0.3) is 10.2 Å². The van der Waals surface area contributed by atoms with Gasteiger partial charge in [-0.05, 0) is 24.6 Å². The minimum atomic E-state index is -3.63. The van der Waals surface area contributed by atoms with Gasteiger partial charge in [-0.2, -0.15) is 17.0 Å². The molecule has 0 aromatic heterocycles. The molecule has 1 atom stereocenters. The van der Waals surface area contributed by atoms with E-state index in [1.165, 1.54) is 15.7 Å². The van der Waals surface area contributed by atoms with Crippen LogP contribution >= 0.6 is 0 Å². The van der Waals surface area contributed by atoms with E-state index in [1.54, 1.807) is 0 Å². The van der Waals surface area contributed by atoms with Gasteiger partial charge in [0.1, 0.15) is 0 Å². The lowest BCUT2D eigenvalue weighted by Crippen LogP contribution is -2.42. The van der Waals surface area contributed by atoms with Crippen LogP contribution in [0.4, 0.5) is 0 Å². The molecular weight excluding hydrogens is 326 g/mol. The second-order valence-electron chi connectivity index (χ2n) is 5.56. The molecule has 0 amide bonds. The maximum absolute atomic E-state index is 12.7. The Morgan fingerprint density at radius 3 is 2.18 bits per heavy atom. The smallest absolute Gasteiger partial charge is 0.218 e. The van der Waals surface area contributed by atoms with Gasteiger partial charge in [0, 0.05) is 26.2 Å². The summed E-state index contributed by atoms with van der Waals surface area (Å²) in [4.78, 5) is 0. The first-order valence-corrected chi connectivity index (χ1v) is 10.0. The van der Waals surface area contributed by atoms with E-state index >= 15 is 0 Å². The van der Waals surface area contributed by atoms with Crippen molar-refractivity contribution in [1.29, 1.82) is 0 Å². The number of nitrogens with zero attached hydrogens (tertiary/aromatic N) is 2. The lowest BCUT2D eigenvalue weighted by atomic mass is 10.1. The summed E-state index contributed by atoms with van der Waals surface area (Å²) in [7, 11) is -5.73.